The molecule has 20 heavy (non-hydrogen) atoms. The van der Waals surface area contributed by atoms with Crippen LogP contribution in [0.5, 0.6) is 5.88 Å². The van der Waals surface area contributed by atoms with Gasteiger partial charge in [0.1, 0.15) is 12.2 Å². The molecule has 2 aromatic rings. The quantitative estimate of drug-likeness (QED) is 0.923. The molecule has 106 valence electrons. The summed E-state index contributed by atoms with van der Waals surface area (Å²) in [5, 5.41) is 1.44. The summed E-state index contributed by atoms with van der Waals surface area (Å²) in [6, 6.07) is 2.96. The smallest absolute Gasteiger partial charge is 0.255 e. The van der Waals surface area contributed by atoms with Crippen molar-refractivity contribution in [2.75, 3.05) is 0 Å². The van der Waals surface area contributed by atoms with Crippen LogP contribution in [0.15, 0.2) is 17.5 Å². The van der Waals surface area contributed by atoms with Gasteiger partial charge in [-0.1, -0.05) is 19.1 Å². The van der Waals surface area contributed by atoms with Gasteiger partial charge in [-0.15, -0.1) is 0 Å². The molecule has 0 aliphatic heterocycles. The molecule has 0 aliphatic rings. The third-order valence-electron chi connectivity index (χ3n) is 2.79. The maximum Gasteiger partial charge on any atom is 0.255 e. The molecule has 7 heteroatoms. The first-order chi connectivity index (χ1) is 9.54. The number of benzene rings is 1. The van der Waals surface area contributed by atoms with Gasteiger partial charge in [0.25, 0.3) is 5.91 Å². The molecule has 4 nitrogen and oxygen atoms in total. The number of hydrogen-bond donors (Lipinski definition) is 1. The number of nitrogens with two attached hydrogens (primary N) is 1. The van der Waals surface area contributed by atoms with Crippen LogP contribution in [0, 0.1) is 11.6 Å². The number of halogens is 2. The van der Waals surface area contributed by atoms with Crippen molar-refractivity contribution in [3.8, 4) is 5.88 Å². The van der Waals surface area contributed by atoms with E-state index in [-0.39, 0.29) is 23.6 Å². The lowest BCUT2D eigenvalue weighted by Gasteiger charge is -2.08. The van der Waals surface area contributed by atoms with Crippen LogP contribution in [0.1, 0.15) is 28.4 Å². The molecule has 0 atom stereocenters. The van der Waals surface area contributed by atoms with Crippen LogP contribution in [-0.4, -0.2) is 10.3 Å². The van der Waals surface area contributed by atoms with Crippen molar-refractivity contribution < 1.29 is 18.3 Å². The molecule has 1 aromatic carbocycles. The number of primary amides is 1. The fraction of sp³-hybridized carbons (Fsp3) is 0.231. The number of carbonyl (C=O) groups excluding carboxylic acids is 1. The van der Waals surface area contributed by atoms with Gasteiger partial charge in [-0.3, -0.25) is 4.79 Å². The van der Waals surface area contributed by atoms with Crippen LogP contribution < -0.4 is 10.5 Å². The Morgan fingerprint density at radius 3 is 2.65 bits per heavy atom. The van der Waals surface area contributed by atoms with Crippen LogP contribution in [0.25, 0.3) is 0 Å². The highest BCUT2D eigenvalue weighted by atomic mass is 32.1. The average Bonchev–Trinajstić information content (AvgIpc) is 2.89. The van der Waals surface area contributed by atoms with Gasteiger partial charge in [0.2, 0.25) is 5.88 Å². The van der Waals surface area contributed by atoms with Gasteiger partial charge in [0.05, 0.1) is 0 Å². The fourth-order valence-corrected chi connectivity index (χ4v) is 2.28. The predicted molar refractivity (Wildman–Crippen MR) is 70.7 cm³/mol. The topological polar surface area (TPSA) is 65.2 Å². The number of ether oxygens (including phenoxy) is 1. The summed E-state index contributed by atoms with van der Waals surface area (Å²) in [6.45, 7) is 1.51. The Morgan fingerprint density at radius 2 is 2.00 bits per heavy atom. The molecule has 0 radical (unpaired) electrons. The van der Waals surface area contributed by atoms with E-state index in [2.05, 4.69) is 4.37 Å². The van der Waals surface area contributed by atoms with Gasteiger partial charge >= 0.3 is 0 Å². The van der Waals surface area contributed by atoms with E-state index in [1.165, 1.54) is 17.5 Å². The van der Waals surface area contributed by atoms with Gasteiger partial charge in [0, 0.05) is 10.9 Å². The van der Waals surface area contributed by atoms with Crippen LogP contribution in [0.4, 0.5) is 8.78 Å². The third-order valence-corrected chi connectivity index (χ3v) is 3.40. The molecule has 1 aromatic heterocycles. The normalized spacial score (nSPS) is 10.6. The lowest BCUT2D eigenvalue weighted by atomic mass is 10.1. The summed E-state index contributed by atoms with van der Waals surface area (Å²) in [7, 11) is 0. The van der Waals surface area contributed by atoms with Crippen molar-refractivity contribution in [1.82, 2.24) is 4.37 Å². The van der Waals surface area contributed by atoms with Crippen molar-refractivity contribution in [3.05, 3.63) is 45.8 Å². The lowest BCUT2D eigenvalue weighted by Crippen LogP contribution is -2.12. The van der Waals surface area contributed by atoms with Gasteiger partial charge in [-0.2, -0.15) is 4.37 Å². The van der Waals surface area contributed by atoms with Crippen molar-refractivity contribution in [1.29, 1.82) is 0 Å². The van der Waals surface area contributed by atoms with E-state index in [0.29, 0.717) is 12.0 Å². The molecule has 0 saturated heterocycles. The van der Waals surface area contributed by atoms with E-state index in [9.17, 15) is 13.6 Å². The standard InChI is InChI=1S/C13H12F2N2O2S/c1-2-7-3-4-8(11(15)10(7)14)5-19-13-9(12(16)18)6-20-17-13/h3-4,6H,2,5H2,1H3,(H2,16,18). The molecule has 1 heterocycles. The molecule has 0 bridgehead atoms. The Morgan fingerprint density at radius 1 is 1.35 bits per heavy atom. The summed E-state index contributed by atoms with van der Waals surface area (Å²) in [6.07, 6.45) is 0.405. The largest absolute Gasteiger partial charge is 0.472 e. The van der Waals surface area contributed by atoms with E-state index in [0.717, 1.165) is 11.5 Å². The zero-order chi connectivity index (χ0) is 14.7. The first-order valence-corrected chi connectivity index (χ1v) is 6.71. The Kier molecular flexibility index (Phi) is 4.29. The minimum Gasteiger partial charge on any atom is -0.472 e. The summed E-state index contributed by atoms with van der Waals surface area (Å²) in [5.41, 5.74) is 5.62. The number of aryl methyl sites for hydroxylation is 1. The molecule has 0 aliphatic carbocycles. The van der Waals surface area contributed by atoms with E-state index in [4.69, 9.17) is 10.5 Å². The van der Waals surface area contributed by atoms with Gasteiger partial charge in [-0.25, -0.2) is 8.78 Å². The third kappa shape index (κ3) is 2.77. The zero-order valence-electron chi connectivity index (χ0n) is 10.7. The number of amides is 1. The molecule has 2 rings (SSSR count). The fourth-order valence-electron chi connectivity index (χ4n) is 1.65. The highest BCUT2D eigenvalue weighted by Gasteiger charge is 2.16. The zero-order valence-corrected chi connectivity index (χ0v) is 11.5. The van der Waals surface area contributed by atoms with Gasteiger partial charge in [-0.05, 0) is 23.5 Å². The first kappa shape index (κ1) is 14.4. The van der Waals surface area contributed by atoms with E-state index >= 15 is 0 Å². The van der Waals surface area contributed by atoms with E-state index in [1.807, 2.05) is 0 Å². The predicted octanol–water partition coefficient (Wildman–Crippen LogP) is 2.66. The van der Waals surface area contributed by atoms with Crippen molar-refractivity contribution in [2.45, 2.75) is 20.0 Å². The van der Waals surface area contributed by atoms with Crippen molar-refractivity contribution in [3.63, 3.8) is 0 Å². The molecule has 0 spiro atoms. The SMILES string of the molecule is CCc1ccc(COc2nscc2C(N)=O)c(F)c1F. The maximum absolute atomic E-state index is 13.8. The molecule has 0 unspecified atom stereocenters. The molecular formula is C13H12F2N2O2S. The molecule has 0 fully saturated rings. The van der Waals surface area contributed by atoms with Gasteiger partial charge in [0.15, 0.2) is 11.6 Å². The Bertz CT molecular complexity index is 643. The summed E-state index contributed by atoms with van der Waals surface area (Å²) >= 11 is 0.999. The highest BCUT2D eigenvalue weighted by molar-refractivity contribution is 7.04. The van der Waals surface area contributed by atoms with Crippen LogP contribution in [0.3, 0.4) is 0 Å². The summed E-state index contributed by atoms with van der Waals surface area (Å²) in [5.74, 6) is -2.47. The van der Waals surface area contributed by atoms with Crippen LogP contribution >= 0.6 is 11.5 Å². The van der Waals surface area contributed by atoms with Crippen molar-refractivity contribution >= 4 is 17.4 Å². The lowest BCUT2D eigenvalue weighted by molar-refractivity contribution is 0.0996. The Balaban J connectivity index is 2.17. The van der Waals surface area contributed by atoms with E-state index in [1.54, 1.807) is 6.92 Å². The number of carbonyl (C=O) groups is 1. The average molecular weight is 298 g/mol. The van der Waals surface area contributed by atoms with Crippen LogP contribution in [0.2, 0.25) is 0 Å². The number of aromatic nitrogens is 1. The van der Waals surface area contributed by atoms with Crippen molar-refractivity contribution in [2.24, 2.45) is 5.73 Å². The number of rotatable bonds is 5. The van der Waals surface area contributed by atoms with E-state index < -0.39 is 17.5 Å². The van der Waals surface area contributed by atoms with Crippen LogP contribution in [-0.2, 0) is 13.0 Å². The Hall–Kier alpha value is -2.02. The number of hydrogen-bond acceptors (Lipinski definition) is 4. The second kappa shape index (κ2) is 5.96. The number of nitrogens with zero attached hydrogens (tertiary/aromatic N) is 1. The first-order valence-electron chi connectivity index (χ1n) is 5.87. The minimum absolute atomic E-state index is 0.0295. The molecule has 1 amide bonds. The second-order valence-electron chi connectivity index (χ2n) is 4.05. The maximum atomic E-state index is 13.8. The monoisotopic (exact) mass is 298 g/mol. The summed E-state index contributed by atoms with van der Waals surface area (Å²) < 4.78 is 36.5. The summed E-state index contributed by atoms with van der Waals surface area (Å²) in [4.78, 5) is 11.1. The van der Waals surface area contributed by atoms with Gasteiger partial charge < -0.3 is 10.5 Å². The Labute approximate surface area is 118 Å². The minimum atomic E-state index is -0.944. The molecule has 0 saturated carbocycles. The molecule has 2 N–H and O–H groups in total. The highest BCUT2D eigenvalue weighted by Crippen LogP contribution is 2.22. The molecular weight excluding hydrogens is 286 g/mol. The second-order valence-corrected chi connectivity index (χ2v) is 4.68.